The molecule has 0 aromatic rings. The van der Waals surface area contributed by atoms with Crippen molar-refractivity contribution in [2.75, 3.05) is 13.2 Å². The lowest BCUT2D eigenvalue weighted by Crippen LogP contribution is -2.44. The van der Waals surface area contributed by atoms with Crippen LogP contribution in [0.4, 0.5) is 0 Å². The molecular weight excluding hydrogens is 344 g/mol. The minimum atomic E-state index is -1.02. The zero-order valence-corrected chi connectivity index (χ0v) is 14.6. The minimum absolute atomic E-state index is 0.0692. The molecule has 26 heavy (non-hydrogen) atoms. The molecule has 0 radical (unpaired) electrons. The smallest absolute Gasteiger partial charge is 0.347 e. The molecule has 2 aliphatic carbocycles. The van der Waals surface area contributed by atoms with Crippen LogP contribution in [0.3, 0.4) is 0 Å². The number of hydrazine groups is 1. The first kappa shape index (κ1) is 19.5. The molecule has 1 amide bonds. The van der Waals surface area contributed by atoms with Gasteiger partial charge in [0.25, 0.3) is 0 Å². The van der Waals surface area contributed by atoms with Gasteiger partial charge in [0.05, 0.1) is 25.0 Å². The number of carbonyl (C=O) groups excluding carboxylic acids is 3. The van der Waals surface area contributed by atoms with Crippen LogP contribution >= 0.6 is 0 Å². The Hall–Kier alpha value is -2.84. The van der Waals surface area contributed by atoms with E-state index in [0.29, 0.717) is 6.42 Å². The lowest BCUT2D eigenvalue weighted by Gasteiger charge is -2.23. The molecule has 0 heterocycles. The van der Waals surface area contributed by atoms with Crippen LogP contribution in [0.1, 0.15) is 20.3 Å². The highest BCUT2D eigenvalue weighted by molar-refractivity contribution is 6.14. The molecule has 142 valence electrons. The van der Waals surface area contributed by atoms with Gasteiger partial charge in [0.15, 0.2) is 5.57 Å². The summed E-state index contributed by atoms with van der Waals surface area (Å²) >= 11 is 0. The maximum Gasteiger partial charge on any atom is 0.347 e. The molecule has 4 unspecified atom stereocenters. The van der Waals surface area contributed by atoms with Gasteiger partial charge in [0.2, 0.25) is 5.91 Å². The van der Waals surface area contributed by atoms with Crippen LogP contribution < -0.4 is 10.9 Å². The number of nitrogens with one attached hydrogen (secondary N) is 2. The van der Waals surface area contributed by atoms with Crippen LogP contribution in [0.2, 0.25) is 0 Å². The Morgan fingerprint density at radius 2 is 1.58 bits per heavy atom. The number of hydrogen-bond acceptors (Lipinski definition) is 7. The van der Waals surface area contributed by atoms with E-state index in [-0.39, 0.29) is 25.0 Å². The van der Waals surface area contributed by atoms with Crippen molar-refractivity contribution in [3.8, 4) is 0 Å². The second-order valence-corrected chi connectivity index (χ2v) is 5.97. The quantitative estimate of drug-likeness (QED) is 0.138. The molecule has 0 aromatic heterocycles. The summed E-state index contributed by atoms with van der Waals surface area (Å²) in [6.07, 6.45) is 5.29. The van der Waals surface area contributed by atoms with E-state index in [4.69, 9.17) is 9.47 Å². The molecular formula is C17H22N2O7. The van der Waals surface area contributed by atoms with Crippen LogP contribution in [-0.4, -0.2) is 42.1 Å². The van der Waals surface area contributed by atoms with Gasteiger partial charge >= 0.3 is 17.9 Å². The monoisotopic (exact) mass is 366 g/mol. The molecule has 2 rings (SSSR count). The fraction of sp³-hybridized carbons (Fsp3) is 0.529. The lowest BCUT2D eigenvalue weighted by atomic mass is 9.82. The van der Waals surface area contributed by atoms with Crippen molar-refractivity contribution in [1.82, 2.24) is 10.9 Å². The summed E-state index contributed by atoms with van der Waals surface area (Å²) < 4.78 is 9.54. The molecule has 0 aromatic carbocycles. The summed E-state index contributed by atoms with van der Waals surface area (Å²) in [5.41, 5.74) is 4.31. The number of rotatable bonds is 8. The van der Waals surface area contributed by atoms with E-state index in [1.807, 2.05) is 12.2 Å². The lowest BCUT2D eigenvalue weighted by molar-refractivity contribution is -0.148. The van der Waals surface area contributed by atoms with Gasteiger partial charge in [-0.1, -0.05) is 12.2 Å². The molecule has 2 bridgehead atoms. The molecule has 1 fully saturated rings. The number of aliphatic carboxylic acids is 1. The summed E-state index contributed by atoms with van der Waals surface area (Å²) in [5, 5.41) is 9.36. The van der Waals surface area contributed by atoms with Crippen LogP contribution in [0.5, 0.6) is 0 Å². The van der Waals surface area contributed by atoms with Gasteiger partial charge in [0, 0.05) is 6.20 Å². The number of ether oxygens (including phenoxy) is 2. The number of allylic oxidation sites excluding steroid dienone is 2. The Balaban J connectivity index is 2.03. The van der Waals surface area contributed by atoms with Crippen molar-refractivity contribution in [3.63, 3.8) is 0 Å². The van der Waals surface area contributed by atoms with Gasteiger partial charge in [-0.25, -0.2) is 9.59 Å². The number of amides is 1. The zero-order chi connectivity index (χ0) is 19.3. The summed E-state index contributed by atoms with van der Waals surface area (Å²) in [7, 11) is 0. The van der Waals surface area contributed by atoms with Gasteiger partial charge < -0.3 is 20.0 Å². The van der Waals surface area contributed by atoms with E-state index in [9.17, 15) is 24.3 Å². The van der Waals surface area contributed by atoms with Crippen LogP contribution in [0, 0.1) is 23.7 Å². The zero-order valence-electron chi connectivity index (χ0n) is 14.6. The molecule has 2 aliphatic rings. The number of fused-ring (bicyclic) bond motifs is 2. The number of hydrogen-bond donors (Lipinski definition) is 3. The van der Waals surface area contributed by atoms with Crippen molar-refractivity contribution in [3.05, 3.63) is 23.9 Å². The number of carboxylic acid groups (broad SMARTS) is 1. The Labute approximate surface area is 150 Å². The highest BCUT2D eigenvalue weighted by Crippen LogP contribution is 2.48. The van der Waals surface area contributed by atoms with E-state index in [2.05, 4.69) is 10.9 Å². The topological polar surface area (TPSA) is 131 Å². The van der Waals surface area contributed by atoms with Crippen molar-refractivity contribution >= 4 is 23.8 Å². The first-order valence-electron chi connectivity index (χ1n) is 8.41. The van der Waals surface area contributed by atoms with Crippen molar-refractivity contribution in [1.29, 1.82) is 0 Å². The largest absolute Gasteiger partial charge is 0.481 e. The Morgan fingerprint density at radius 3 is 2.08 bits per heavy atom. The normalized spacial score (nSPS) is 25.3. The molecule has 4 atom stereocenters. The maximum absolute atomic E-state index is 12.4. The van der Waals surface area contributed by atoms with Gasteiger partial charge in [-0.05, 0) is 32.1 Å². The van der Waals surface area contributed by atoms with Crippen molar-refractivity contribution in [2.24, 2.45) is 23.7 Å². The van der Waals surface area contributed by atoms with Gasteiger partial charge in [-0.3, -0.25) is 15.0 Å². The Morgan fingerprint density at radius 1 is 1.04 bits per heavy atom. The number of carboxylic acids is 1. The third kappa shape index (κ3) is 4.04. The third-order valence-corrected chi connectivity index (χ3v) is 4.45. The molecule has 0 spiro atoms. The van der Waals surface area contributed by atoms with E-state index >= 15 is 0 Å². The van der Waals surface area contributed by atoms with Gasteiger partial charge in [-0.2, -0.15) is 0 Å². The molecule has 9 nitrogen and oxygen atoms in total. The average Bonchev–Trinajstić information content (AvgIpc) is 3.19. The van der Waals surface area contributed by atoms with Gasteiger partial charge in [-0.15, -0.1) is 0 Å². The van der Waals surface area contributed by atoms with Gasteiger partial charge in [0.1, 0.15) is 0 Å². The fourth-order valence-electron chi connectivity index (χ4n) is 3.40. The fourth-order valence-corrected chi connectivity index (χ4v) is 3.40. The number of carbonyl (C=O) groups is 4. The Kier molecular flexibility index (Phi) is 6.37. The molecule has 0 aliphatic heterocycles. The van der Waals surface area contributed by atoms with E-state index in [1.165, 1.54) is 0 Å². The first-order chi connectivity index (χ1) is 12.4. The predicted molar refractivity (Wildman–Crippen MR) is 88.0 cm³/mol. The second kappa shape index (κ2) is 8.50. The molecule has 9 heteroatoms. The first-order valence-corrected chi connectivity index (χ1v) is 8.41. The summed E-state index contributed by atoms with van der Waals surface area (Å²) in [5.74, 6) is -5.10. The predicted octanol–water partition coefficient (Wildman–Crippen LogP) is 0.140. The highest BCUT2D eigenvalue weighted by Gasteiger charge is 2.51. The van der Waals surface area contributed by atoms with Crippen molar-refractivity contribution < 1.29 is 33.8 Å². The number of esters is 2. The summed E-state index contributed by atoms with van der Waals surface area (Å²) in [6, 6.07) is 0. The SMILES string of the molecule is CCOC(=O)C(=CNNC(=O)C1C2C=CC(C2)C1C(=O)O)C(=O)OCC. The summed E-state index contributed by atoms with van der Waals surface area (Å²) in [4.78, 5) is 47.4. The van der Waals surface area contributed by atoms with E-state index in [1.54, 1.807) is 13.8 Å². The standard InChI is InChI=1S/C17H22N2O7/c1-3-25-16(23)11(17(24)26-4-2)8-18-19-14(20)12-9-5-6-10(7-9)13(12)15(21)22/h5-6,8-10,12-13,18H,3-4,7H2,1-2H3,(H,19,20)(H,21,22). The highest BCUT2D eigenvalue weighted by atomic mass is 16.6. The third-order valence-electron chi connectivity index (χ3n) is 4.45. The minimum Gasteiger partial charge on any atom is -0.481 e. The average molecular weight is 366 g/mol. The van der Waals surface area contributed by atoms with E-state index in [0.717, 1.165) is 6.20 Å². The van der Waals surface area contributed by atoms with Crippen LogP contribution in [0.15, 0.2) is 23.9 Å². The molecule has 3 N–H and O–H groups in total. The second-order valence-electron chi connectivity index (χ2n) is 5.97. The van der Waals surface area contributed by atoms with E-state index < -0.39 is 41.2 Å². The molecule has 0 saturated heterocycles. The molecule has 1 saturated carbocycles. The van der Waals surface area contributed by atoms with Crippen LogP contribution in [0.25, 0.3) is 0 Å². The van der Waals surface area contributed by atoms with Crippen LogP contribution in [-0.2, 0) is 28.7 Å². The van der Waals surface area contributed by atoms with Crippen molar-refractivity contribution in [2.45, 2.75) is 20.3 Å². The Bertz CT molecular complexity index is 635. The summed E-state index contributed by atoms with van der Waals surface area (Å²) in [6.45, 7) is 3.31. The maximum atomic E-state index is 12.4.